The van der Waals surface area contributed by atoms with Crippen molar-refractivity contribution in [3.63, 3.8) is 0 Å². The zero-order chi connectivity index (χ0) is 18.4. The van der Waals surface area contributed by atoms with Gasteiger partial charge in [0, 0.05) is 57.9 Å². The molecule has 0 bridgehead atoms. The lowest BCUT2D eigenvalue weighted by Gasteiger charge is -2.34. The maximum absolute atomic E-state index is 5.91. The number of imidazole rings is 1. The first-order valence-corrected chi connectivity index (χ1v) is 9.21. The summed E-state index contributed by atoms with van der Waals surface area (Å²) >= 11 is 0. The van der Waals surface area contributed by atoms with E-state index in [1.165, 1.54) is 0 Å². The number of aromatic nitrogens is 4. The molecule has 9 heteroatoms. The highest BCUT2D eigenvalue weighted by Crippen LogP contribution is 2.21. The van der Waals surface area contributed by atoms with Crippen molar-refractivity contribution >= 4 is 29.9 Å². The summed E-state index contributed by atoms with van der Waals surface area (Å²) in [4.78, 5) is 11.0. The van der Waals surface area contributed by atoms with Crippen LogP contribution in [0.15, 0.2) is 29.8 Å². The Morgan fingerprint density at radius 2 is 2.26 bits per heavy atom. The van der Waals surface area contributed by atoms with Crippen molar-refractivity contribution in [3.05, 3.63) is 36.2 Å². The lowest BCUT2D eigenvalue weighted by atomic mass is 10.1. The van der Waals surface area contributed by atoms with Gasteiger partial charge >= 0.3 is 0 Å². The van der Waals surface area contributed by atoms with E-state index in [0.29, 0.717) is 6.61 Å². The van der Waals surface area contributed by atoms with Crippen molar-refractivity contribution in [2.24, 2.45) is 12.0 Å². The molecule has 2 aromatic heterocycles. The number of nitrogens with one attached hydrogen (secondary N) is 1. The quantitative estimate of drug-likeness (QED) is 0.292. The van der Waals surface area contributed by atoms with Crippen LogP contribution in [0.25, 0.3) is 0 Å². The van der Waals surface area contributed by atoms with Gasteiger partial charge in [0.1, 0.15) is 11.9 Å². The number of halogens is 1. The number of unbranched alkanes of at least 4 members (excludes halogenated alkanes) is 1. The van der Waals surface area contributed by atoms with Crippen LogP contribution in [0.5, 0.6) is 0 Å². The van der Waals surface area contributed by atoms with Crippen molar-refractivity contribution in [2.45, 2.75) is 32.4 Å². The number of hydrogen-bond donors (Lipinski definition) is 1. The summed E-state index contributed by atoms with van der Waals surface area (Å²) in [5, 5.41) is 7.73. The second kappa shape index (κ2) is 10.6. The Morgan fingerprint density at radius 3 is 2.93 bits per heavy atom. The van der Waals surface area contributed by atoms with Crippen LogP contribution in [-0.2, 0) is 18.3 Å². The highest BCUT2D eigenvalue weighted by molar-refractivity contribution is 14.0. The van der Waals surface area contributed by atoms with E-state index in [4.69, 9.17) is 4.74 Å². The number of rotatable bonds is 6. The van der Waals surface area contributed by atoms with E-state index in [0.717, 1.165) is 56.4 Å². The molecule has 1 unspecified atom stereocenters. The second-order valence-electron chi connectivity index (χ2n) is 6.60. The van der Waals surface area contributed by atoms with E-state index in [1.807, 2.05) is 50.5 Å². The minimum atomic E-state index is 0. The number of guanidine groups is 1. The molecule has 1 aliphatic rings. The molecule has 3 heterocycles. The summed E-state index contributed by atoms with van der Waals surface area (Å²) in [6.07, 6.45) is 10.0. The van der Waals surface area contributed by atoms with E-state index < -0.39 is 0 Å². The Hall–Kier alpha value is -1.62. The Balaban J connectivity index is 0.00000261. The number of hydrogen-bond acceptors (Lipinski definition) is 4. The SMILES string of the molecule is CN=C(NCCCCn1ccnc1C)N1CCOC(c2cnn(C)c2)C1.I. The predicted molar refractivity (Wildman–Crippen MR) is 116 cm³/mol. The Morgan fingerprint density at radius 1 is 1.41 bits per heavy atom. The molecule has 1 atom stereocenters. The molecule has 1 aliphatic heterocycles. The van der Waals surface area contributed by atoms with Crippen LogP contribution in [-0.4, -0.2) is 63.5 Å². The van der Waals surface area contributed by atoms with Gasteiger partial charge in [-0.05, 0) is 19.8 Å². The number of aryl methyl sites for hydroxylation is 3. The third-order valence-electron chi connectivity index (χ3n) is 4.71. The molecule has 8 nitrogen and oxygen atoms in total. The summed E-state index contributed by atoms with van der Waals surface area (Å²) in [5.74, 6) is 2.02. The molecule has 0 saturated carbocycles. The molecule has 0 aliphatic carbocycles. The maximum atomic E-state index is 5.91. The fourth-order valence-corrected chi connectivity index (χ4v) is 3.23. The first-order valence-electron chi connectivity index (χ1n) is 9.21. The maximum Gasteiger partial charge on any atom is 0.193 e. The minimum absolute atomic E-state index is 0. The topological polar surface area (TPSA) is 72.5 Å². The summed E-state index contributed by atoms with van der Waals surface area (Å²) in [5.41, 5.74) is 1.11. The van der Waals surface area contributed by atoms with Crippen LogP contribution in [0, 0.1) is 6.92 Å². The lowest BCUT2D eigenvalue weighted by molar-refractivity contribution is -0.00802. The van der Waals surface area contributed by atoms with Gasteiger partial charge in [-0.1, -0.05) is 0 Å². The van der Waals surface area contributed by atoms with E-state index in [2.05, 4.69) is 29.9 Å². The van der Waals surface area contributed by atoms with E-state index >= 15 is 0 Å². The first-order chi connectivity index (χ1) is 12.7. The normalized spacial score (nSPS) is 17.7. The predicted octanol–water partition coefficient (Wildman–Crippen LogP) is 1.97. The van der Waals surface area contributed by atoms with Crippen LogP contribution in [0.3, 0.4) is 0 Å². The Bertz CT molecular complexity index is 727. The average molecular weight is 487 g/mol. The summed E-state index contributed by atoms with van der Waals surface area (Å²) in [6, 6.07) is 0. The summed E-state index contributed by atoms with van der Waals surface area (Å²) in [6.45, 7) is 6.30. The third kappa shape index (κ3) is 5.93. The molecule has 1 fully saturated rings. The molecule has 27 heavy (non-hydrogen) atoms. The molecule has 0 amide bonds. The van der Waals surface area contributed by atoms with Crippen LogP contribution < -0.4 is 5.32 Å². The standard InChI is InChI=1S/C18H29N7O.HI/c1-15-20-7-9-24(15)8-5-4-6-21-18(19-2)25-10-11-26-17(14-25)16-12-22-23(3)13-16;/h7,9,12-13,17H,4-6,8,10-11,14H2,1-3H3,(H,19,21);1H. The monoisotopic (exact) mass is 487 g/mol. The molecular formula is C18H30IN7O. The summed E-state index contributed by atoms with van der Waals surface area (Å²) < 4.78 is 9.91. The van der Waals surface area contributed by atoms with Gasteiger partial charge in [0.2, 0.25) is 0 Å². The third-order valence-corrected chi connectivity index (χ3v) is 4.71. The number of nitrogens with zero attached hydrogens (tertiary/aromatic N) is 6. The molecule has 0 aromatic carbocycles. The molecule has 1 N–H and O–H groups in total. The van der Waals surface area contributed by atoms with Crippen LogP contribution >= 0.6 is 24.0 Å². The van der Waals surface area contributed by atoms with Gasteiger partial charge < -0.3 is 19.5 Å². The number of ether oxygens (including phenoxy) is 1. The smallest absolute Gasteiger partial charge is 0.193 e. The zero-order valence-corrected chi connectivity index (χ0v) is 18.7. The van der Waals surface area contributed by atoms with Gasteiger partial charge in [0.25, 0.3) is 0 Å². The van der Waals surface area contributed by atoms with Gasteiger partial charge in [-0.3, -0.25) is 9.67 Å². The summed E-state index contributed by atoms with van der Waals surface area (Å²) in [7, 11) is 3.77. The van der Waals surface area contributed by atoms with Crippen LogP contribution in [0.2, 0.25) is 0 Å². The molecule has 2 aromatic rings. The lowest BCUT2D eigenvalue weighted by Crippen LogP contribution is -2.48. The first kappa shape index (κ1) is 21.7. The van der Waals surface area contributed by atoms with Gasteiger partial charge in [0.05, 0.1) is 19.3 Å². The van der Waals surface area contributed by atoms with Crippen molar-refractivity contribution in [2.75, 3.05) is 33.3 Å². The highest BCUT2D eigenvalue weighted by atomic mass is 127. The minimum Gasteiger partial charge on any atom is -0.370 e. The number of aliphatic imine (C=N–C) groups is 1. The molecule has 0 spiro atoms. The Labute approximate surface area is 178 Å². The molecule has 0 radical (unpaired) electrons. The molecule has 150 valence electrons. The average Bonchev–Trinajstić information content (AvgIpc) is 3.27. The van der Waals surface area contributed by atoms with Crippen molar-refractivity contribution in [1.29, 1.82) is 0 Å². The van der Waals surface area contributed by atoms with Gasteiger partial charge in [0.15, 0.2) is 5.96 Å². The van der Waals surface area contributed by atoms with Crippen molar-refractivity contribution in [1.82, 2.24) is 29.5 Å². The van der Waals surface area contributed by atoms with Crippen LogP contribution in [0.1, 0.15) is 30.3 Å². The molecule has 3 rings (SSSR count). The van der Waals surface area contributed by atoms with Gasteiger partial charge in [-0.2, -0.15) is 5.10 Å². The van der Waals surface area contributed by atoms with Crippen molar-refractivity contribution in [3.8, 4) is 0 Å². The molecule has 1 saturated heterocycles. The van der Waals surface area contributed by atoms with Crippen LogP contribution in [0.4, 0.5) is 0 Å². The van der Waals surface area contributed by atoms with Crippen molar-refractivity contribution < 1.29 is 4.74 Å². The zero-order valence-electron chi connectivity index (χ0n) is 16.3. The van der Waals surface area contributed by atoms with Gasteiger partial charge in [-0.25, -0.2) is 4.98 Å². The fraction of sp³-hybridized carbons (Fsp3) is 0.611. The van der Waals surface area contributed by atoms with Gasteiger partial charge in [-0.15, -0.1) is 24.0 Å². The molecular weight excluding hydrogens is 457 g/mol. The second-order valence-corrected chi connectivity index (χ2v) is 6.60. The van der Waals surface area contributed by atoms with E-state index in [-0.39, 0.29) is 30.1 Å². The number of morpholine rings is 1. The highest BCUT2D eigenvalue weighted by Gasteiger charge is 2.24. The van der Waals surface area contributed by atoms with E-state index in [9.17, 15) is 0 Å². The largest absolute Gasteiger partial charge is 0.370 e. The Kier molecular flexibility index (Phi) is 8.55. The van der Waals surface area contributed by atoms with E-state index in [1.54, 1.807) is 0 Å². The fourth-order valence-electron chi connectivity index (χ4n) is 3.23.